The van der Waals surface area contributed by atoms with Gasteiger partial charge in [0.1, 0.15) is 18.4 Å². The molecule has 3 rings (SSSR count). The number of sulfonamides is 1. The first kappa shape index (κ1) is 31.4. The predicted molar refractivity (Wildman–Crippen MR) is 156 cm³/mol. The predicted octanol–water partition coefficient (Wildman–Crippen LogP) is 5.97. The normalized spacial score (nSPS) is 12.9. The molecular weight excluding hydrogens is 576 g/mol. The van der Waals surface area contributed by atoms with Crippen molar-refractivity contribution in [1.29, 1.82) is 0 Å². The van der Waals surface area contributed by atoms with E-state index in [9.17, 15) is 22.4 Å². The van der Waals surface area contributed by atoms with Crippen LogP contribution in [0.1, 0.15) is 38.3 Å². The number of hydrogen-bond acceptors (Lipinski definition) is 4. The molecule has 0 radical (unpaired) electrons. The summed E-state index contributed by atoms with van der Waals surface area (Å²) in [6.07, 6.45) is 0.666. The van der Waals surface area contributed by atoms with Crippen molar-refractivity contribution in [2.45, 2.75) is 57.6 Å². The quantitative estimate of drug-likeness (QED) is 0.291. The minimum atomic E-state index is -4.27. The third-order valence-electron chi connectivity index (χ3n) is 6.55. The maximum Gasteiger partial charge on any atom is 0.264 e. The summed E-state index contributed by atoms with van der Waals surface area (Å²) in [6, 6.07) is 15.1. The lowest BCUT2D eigenvalue weighted by molar-refractivity contribution is -0.139. The first-order chi connectivity index (χ1) is 18.8. The van der Waals surface area contributed by atoms with Crippen LogP contribution in [0.15, 0.2) is 71.6 Å². The van der Waals surface area contributed by atoms with Crippen LogP contribution in [-0.4, -0.2) is 43.8 Å². The lowest BCUT2D eigenvalue weighted by atomic mass is 10.1. The molecule has 1 N–H and O–H groups in total. The van der Waals surface area contributed by atoms with Gasteiger partial charge in [0.05, 0.1) is 20.6 Å². The van der Waals surface area contributed by atoms with E-state index in [0.29, 0.717) is 6.42 Å². The summed E-state index contributed by atoms with van der Waals surface area (Å²) in [7, 11) is -4.27. The van der Waals surface area contributed by atoms with Gasteiger partial charge in [0.25, 0.3) is 10.0 Å². The molecule has 2 amide bonds. The summed E-state index contributed by atoms with van der Waals surface area (Å²) < 4.78 is 43.2. The van der Waals surface area contributed by atoms with Gasteiger partial charge >= 0.3 is 0 Å². The molecule has 0 aromatic heterocycles. The van der Waals surface area contributed by atoms with Gasteiger partial charge in [-0.05, 0) is 63.6 Å². The number of carbonyl (C=O) groups is 2. The summed E-state index contributed by atoms with van der Waals surface area (Å²) in [5.74, 6) is -1.71. The minimum Gasteiger partial charge on any atom is -0.352 e. The summed E-state index contributed by atoms with van der Waals surface area (Å²) in [6.45, 7) is 6.15. The number of rotatable bonds is 11. The largest absolute Gasteiger partial charge is 0.352 e. The second-order valence-electron chi connectivity index (χ2n) is 9.53. The van der Waals surface area contributed by atoms with Crippen molar-refractivity contribution in [3.63, 3.8) is 0 Å². The van der Waals surface area contributed by atoms with E-state index in [0.717, 1.165) is 9.87 Å². The maximum absolute atomic E-state index is 14.6. The molecule has 0 heterocycles. The molecule has 3 aromatic carbocycles. The number of aryl methyl sites for hydroxylation is 1. The highest BCUT2D eigenvalue weighted by atomic mass is 35.5. The zero-order valence-corrected chi connectivity index (χ0v) is 25.0. The van der Waals surface area contributed by atoms with Crippen molar-refractivity contribution in [2.75, 3.05) is 10.8 Å². The molecule has 0 bridgehead atoms. The number of hydrogen-bond donors (Lipinski definition) is 1. The number of nitrogens with one attached hydrogen (secondary N) is 1. The molecule has 3 aromatic rings. The SMILES string of the molecule is CC[C@H](C)NC(=O)[C@@H](C)N(Cc1ccccc1F)C(=O)CN(c1ccc(Cl)c(Cl)c1)S(=O)(=O)c1ccc(C)cc1. The van der Waals surface area contributed by atoms with Crippen LogP contribution in [0.2, 0.25) is 10.0 Å². The molecule has 0 aliphatic carbocycles. The second-order valence-corrected chi connectivity index (χ2v) is 12.2. The zero-order valence-electron chi connectivity index (χ0n) is 22.7. The first-order valence-electron chi connectivity index (χ1n) is 12.7. The monoisotopic (exact) mass is 607 g/mol. The highest BCUT2D eigenvalue weighted by molar-refractivity contribution is 7.92. The van der Waals surface area contributed by atoms with Gasteiger partial charge < -0.3 is 10.2 Å². The number of nitrogens with zero attached hydrogens (tertiary/aromatic N) is 2. The van der Waals surface area contributed by atoms with Crippen LogP contribution >= 0.6 is 23.2 Å². The van der Waals surface area contributed by atoms with Crippen molar-refractivity contribution in [3.8, 4) is 0 Å². The molecule has 0 unspecified atom stereocenters. The first-order valence-corrected chi connectivity index (χ1v) is 14.9. The Kier molecular flexibility index (Phi) is 10.6. The average Bonchev–Trinajstić information content (AvgIpc) is 2.92. The zero-order chi connectivity index (χ0) is 29.6. The van der Waals surface area contributed by atoms with Crippen LogP contribution in [0, 0.1) is 12.7 Å². The molecule has 40 heavy (non-hydrogen) atoms. The van der Waals surface area contributed by atoms with Crippen LogP contribution in [0.3, 0.4) is 0 Å². The fourth-order valence-corrected chi connectivity index (χ4v) is 5.56. The molecular formula is C29H32Cl2FN3O4S. The van der Waals surface area contributed by atoms with Crippen LogP contribution in [0.25, 0.3) is 0 Å². The number of amides is 2. The van der Waals surface area contributed by atoms with E-state index in [4.69, 9.17) is 23.2 Å². The Morgan fingerprint density at radius 3 is 2.23 bits per heavy atom. The van der Waals surface area contributed by atoms with Crippen molar-refractivity contribution in [2.24, 2.45) is 0 Å². The molecule has 214 valence electrons. The fourth-order valence-electron chi connectivity index (χ4n) is 3.86. The molecule has 7 nitrogen and oxygen atoms in total. The van der Waals surface area contributed by atoms with Crippen molar-refractivity contribution in [3.05, 3.63) is 93.7 Å². The van der Waals surface area contributed by atoms with E-state index in [-0.39, 0.29) is 38.8 Å². The van der Waals surface area contributed by atoms with E-state index in [1.54, 1.807) is 18.2 Å². The lowest BCUT2D eigenvalue weighted by Gasteiger charge is -2.32. The molecule has 0 spiro atoms. The van der Waals surface area contributed by atoms with Gasteiger partial charge in [-0.1, -0.05) is 66.0 Å². The molecule has 0 saturated carbocycles. The standard InChI is InChI=1S/C29H32Cl2FN3O4S/c1-5-20(3)33-29(37)21(4)34(17-22-8-6-7-9-27(22)32)28(36)18-35(23-12-15-25(30)26(31)16-23)40(38,39)24-13-10-19(2)11-14-24/h6-16,20-21H,5,17-18H2,1-4H3,(H,33,37)/t20-,21+/m0/s1. The third-order valence-corrected chi connectivity index (χ3v) is 9.07. The number of anilines is 1. The Hall–Kier alpha value is -3.14. The molecule has 0 saturated heterocycles. The summed E-state index contributed by atoms with van der Waals surface area (Å²) in [5.41, 5.74) is 1.14. The maximum atomic E-state index is 14.6. The Labute approximate surface area is 244 Å². The van der Waals surface area contributed by atoms with Crippen LogP contribution < -0.4 is 9.62 Å². The molecule has 2 atom stereocenters. The van der Waals surface area contributed by atoms with E-state index in [1.807, 2.05) is 20.8 Å². The number of halogens is 3. The van der Waals surface area contributed by atoms with E-state index in [2.05, 4.69) is 5.32 Å². The van der Waals surface area contributed by atoms with Crippen LogP contribution in [-0.2, 0) is 26.2 Å². The van der Waals surface area contributed by atoms with Crippen molar-refractivity contribution in [1.82, 2.24) is 10.2 Å². The lowest BCUT2D eigenvalue weighted by Crippen LogP contribution is -2.52. The summed E-state index contributed by atoms with van der Waals surface area (Å²) in [4.78, 5) is 28.1. The second kappa shape index (κ2) is 13.5. The Bertz CT molecular complexity index is 1470. The fraction of sp³-hybridized carbons (Fsp3) is 0.310. The van der Waals surface area contributed by atoms with Gasteiger partial charge in [0, 0.05) is 18.2 Å². The van der Waals surface area contributed by atoms with Gasteiger partial charge in [-0.15, -0.1) is 0 Å². The van der Waals surface area contributed by atoms with Gasteiger partial charge in [-0.2, -0.15) is 0 Å². The minimum absolute atomic E-state index is 0.0415. The van der Waals surface area contributed by atoms with Crippen molar-refractivity contribution < 1.29 is 22.4 Å². The Morgan fingerprint density at radius 2 is 1.62 bits per heavy atom. The Balaban J connectivity index is 2.06. The molecule has 11 heteroatoms. The van der Waals surface area contributed by atoms with E-state index >= 15 is 0 Å². The highest BCUT2D eigenvalue weighted by Gasteiger charge is 2.33. The smallest absolute Gasteiger partial charge is 0.264 e. The topological polar surface area (TPSA) is 86.8 Å². The van der Waals surface area contributed by atoms with Gasteiger partial charge in [-0.3, -0.25) is 13.9 Å². The van der Waals surface area contributed by atoms with E-state index < -0.39 is 40.2 Å². The van der Waals surface area contributed by atoms with Gasteiger partial charge in [0.15, 0.2) is 0 Å². The molecule has 0 aliphatic rings. The number of carbonyl (C=O) groups excluding carboxylic acids is 2. The van der Waals surface area contributed by atoms with Gasteiger partial charge in [-0.25, -0.2) is 12.8 Å². The molecule has 0 fully saturated rings. The molecule has 0 aliphatic heterocycles. The van der Waals surface area contributed by atoms with Crippen LogP contribution in [0.4, 0.5) is 10.1 Å². The van der Waals surface area contributed by atoms with E-state index in [1.165, 1.54) is 60.4 Å². The summed E-state index contributed by atoms with van der Waals surface area (Å²) >= 11 is 12.3. The third kappa shape index (κ3) is 7.53. The average molecular weight is 609 g/mol. The highest BCUT2D eigenvalue weighted by Crippen LogP contribution is 2.31. The number of benzene rings is 3. The Morgan fingerprint density at radius 1 is 0.975 bits per heavy atom. The van der Waals surface area contributed by atoms with Crippen molar-refractivity contribution >= 4 is 50.7 Å². The van der Waals surface area contributed by atoms with Gasteiger partial charge in [0.2, 0.25) is 11.8 Å². The van der Waals surface area contributed by atoms with Crippen LogP contribution in [0.5, 0.6) is 0 Å². The summed E-state index contributed by atoms with van der Waals surface area (Å²) in [5, 5.41) is 3.14.